The molecule has 0 bridgehead atoms. The third-order valence-corrected chi connectivity index (χ3v) is 5.18. The van der Waals surface area contributed by atoms with E-state index in [4.69, 9.17) is 18.9 Å². The van der Waals surface area contributed by atoms with Crippen LogP contribution in [0.1, 0.15) is 30.4 Å². The van der Waals surface area contributed by atoms with Crippen molar-refractivity contribution in [3.05, 3.63) is 47.5 Å². The summed E-state index contributed by atoms with van der Waals surface area (Å²) in [6.45, 7) is 1.04. The Balaban J connectivity index is 1.61. The highest BCUT2D eigenvalue weighted by Gasteiger charge is 2.08. The van der Waals surface area contributed by atoms with Gasteiger partial charge in [-0.05, 0) is 54.7 Å². The summed E-state index contributed by atoms with van der Waals surface area (Å²) in [6, 6.07) is 11.4. The molecule has 0 fully saturated rings. The molecule has 0 saturated carbocycles. The Bertz CT molecular complexity index is 842. The van der Waals surface area contributed by atoms with E-state index < -0.39 is 0 Å². The van der Waals surface area contributed by atoms with Gasteiger partial charge in [-0.1, -0.05) is 12.1 Å². The Labute approximate surface area is 195 Å². The zero-order chi connectivity index (χ0) is 24.1. The summed E-state index contributed by atoms with van der Waals surface area (Å²) in [6.07, 6.45) is 2.50. The summed E-state index contributed by atoms with van der Waals surface area (Å²) in [5.41, 5.74) is 2.09. The predicted molar refractivity (Wildman–Crippen MR) is 126 cm³/mol. The molecule has 2 N–H and O–H groups in total. The van der Waals surface area contributed by atoms with Gasteiger partial charge in [0.1, 0.15) is 0 Å². The predicted octanol–water partition coefficient (Wildman–Crippen LogP) is 2.91. The second-order valence-electron chi connectivity index (χ2n) is 7.43. The van der Waals surface area contributed by atoms with Crippen LogP contribution in [0.25, 0.3) is 0 Å². The molecule has 2 aromatic rings. The first-order valence-corrected chi connectivity index (χ1v) is 11.0. The molecule has 0 aromatic heterocycles. The second-order valence-corrected chi connectivity index (χ2v) is 7.43. The highest BCUT2D eigenvalue weighted by atomic mass is 16.5. The molecule has 0 aliphatic carbocycles. The fraction of sp³-hybridized carbons (Fsp3) is 0.440. The molecule has 0 heterocycles. The maximum atomic E-state index is 12.0. The third-order valence-electron chi connectivity index (χ3n) is 5.18. The lowest BCUT2D eigenvalue weighted by Gasteiger charge is -2.10. The van der Waals surface area contributed by atoms with Crippen molar-refractivity contribution in [2.45, 2.75) is 32.1 Å². The summed E-state index contributed by atoms with van der Waals surface area (Å²) >= 11 is 0. The number of rotatable bonds is 14. The SMILES string of the molecule is COc1ccc(CCNC(=O)CCCC(=O)NCCc2ccc(OC)c(OC)c2)cc1OC. The summed E-state index contributed by atoms with van der Waals surface area (Å²) in [4.78, 5) is 24.1. The van der Waals surface area contributed by atoms with Gasteiger partial charge < -0.3 is 29.6 Å². The number of methoxy groups -OCH3 is 4. The largest absolute Gasteiger partial charge is 0.493 e. The fourth-order valence-electron chi connectivity index (χ4n) is 3.35. The average molecular weight is 459 g/mol. The first-order chi connectivity index (χ1) is 16.0. The maximum Gasteiger partial charge on any atom is 0.220 e. The molecule has 2 rings (SSSR count). The number of benzene rings is 2. The lowest BCUT2D eigenvalue weighted by molar-refractivity contribution is -0.122. The van der Waals surface area contributed by atoms with Crippen molar-refractivity contribution in [1.29, 1.82) is 0 Å². The molecule has 180 valence electrons. The molecule has 0 atom stereocenters. The second kappa shape index (κ2) is 13.9. The van der Waals surface area contributed by atoms with Gasteiger partial charge in [-0.25, -0.2) is 0 Å². The molecule has 0 aliphatic heterocycles. The lowest BCUT2D eigenvalue weighted by Crippen LogP contribution is -2.27. The van der Waals surface area contributed by atoms with E-state index in [0.717, 1.165) is 11.1 Å². The quantitative estimate of drug-likeness (QED) is 0.452. The van der Waals surface area contributed by atoms with E-state index >= 15 is 0 Å². The van der Waals surface area contributed by atoms with Crippen LogP contribution < -0.4 is 29.6 Å². The number of amides is 2. The Morgan fingerprint density at radius 3 is 1.39 bits per heavy atom. The topological polar surface area (TPSA) is 95.1 Å². The van der Waals surface area contributed by atoms with Gasteiger partial charge in [-0.2, -0.15) is 0 Å². The van der Waals surface area contributed by atoms with Crippen LogP contribution in [0, 0.1) is 0 Å². The Kier molecular flexibility index (Phi) is 10.9. The van der Waals surface area contributed by atoms with Crippen LogP contribution in [-0.2, 0) is 22.4 Å². The normalized spacial score (nSPS) is 10.3. The van der Waals surface area contributed by atoms with Crippen molar-refractivity contribution in [3.63, 3.8) is 0 Å². The van der Waals surface area contributed by atoms with Crippen LogP contribution in [0.3, 0.4) is 0 Å². The van der Waals surface area contributed by atoms with Gasteiger partial charge in [0.25, 0.3) is 0 Å². The monoisotopic (exact) mass is 458 g/mol. The minimum atomic E-state index is -0.0615. The van der Waals surface area contributed by atoms with Gasteiger partial charge in [0, 0.05) is 25.9 Å². The molecule has 2 amide bonds. The summed E-state index contributed by atoms with van der Waals surface area (Å²) in [5, 5.41) is 5.78. The third kappa shape index (κ3) is 8.56. The fourth-order valence-corrected chi connectivity index (χ4v) is 3.35. The first-order valence-electron chi connectivity index (χ1n) is 11.0. The molecule has 0 aliphatic rings. The number of carbonyl (C=O) groups excluding carboxylic acids is 2. The lowest BCUT2D eigenvalue weighted by atomic mass is 10.1. The van der Waals surface area contributed by atoms with E-state index in [1.807, 2.05) is 36.4 Å². The number of hydrogen-bond acceptors (Lipinski definition) is 6. The van der Waals surface area contributed by atoms with Crippen molar-refractivity contribution in [2.24, 2.45) is 0 Å². The van der Waals surface area contributed by atoms with Crippen LogP contribution in [0.2, 0.25) is 0 Å². The van der Waals surface area contributed by atoms with Crippen molar-refractivity contribution >= 4 is 11.8 Å². The van der Waals surface area contributed by atoms with E-state index in [1.165, 1.54) is 0 Å². The molecule has 2 aromatic carbocycles. The van der Waals surface area contributed by atoms with Gasteiger partial charge in [-0.3, -0.25) is 9.59 Å². The molecule has 0 radical (unpaired) electrons. The minimum Gasteiger partial charge on any atom is -0.493 e. The molecule has 0 unspecified atom stereocenters. The van der Waals surface area contributed by atoms with Crippen molar-refractivity contribution in [3.8, 4) is 23.0 Å². The Hall–Kier alpha value is -3.42. The average Bonchev–Trinajstić information content (AvgIpc) is 2.83. The summed E-state index contributed by atoms with van der Waals surface area (Å²) in [7, 11) is 6.37. The van der Waals surface area contributed by atoms with E-state index in [-0.39, 0.29) is 11.8 Å². The first kappa shape index (κ1) is 25.8. The van der Waals surface area contributed by atoms with Crippen molar-refractivity contribution in [2.75, 3.05) is 41.5 Å². The molecule has 33 heavy (non-hydrogen) atoms. The maximum absolute atomic E-state index is 12.0. The van der Waals surface area contributed by atoms with Crippen LogP contribution in [-0.4, -0.2) is 53.3 Å². The molecular formula is C25H34N2O6. The standard InChI is InChI=1S/C25H34N2O6/c1-30-20-10-8-18(16-22(20)32-3)12-14-26-24(28)6-5-7-25(29)27-15-13-19-9-11-21(31-2)23(17-19)33-4/h8-11,16-17H,5-7,12-15H2,1-4H3,(H,26,28)(H,27,29). The van der Waals surface area contributed by atoms with Crippen molar-refractivity contribution < 1.29 is 28.5 Å². The highest BCUT2D eigenvalue weighted by Crippen LogP contribution is 2.28. The van der Waals surface area contributed by atoms with Crippen molar-refractivity contribution in [1.82, 2.24) is 10.6 Å². The van der Waals surface area contributed by atoms with Crippen LogP contribution in [0.15, 0.2) is 36.4 Å². The number of carbonyl (C=O) groups is 2. The van der Waals surface area contributed by atoms with Crippen LogP contribution >= 0.6 is 0 Å². The van der Waals surface area contributed by atoms with Gasteiger partial charge in [0.2, 0.25) is 11.8 Å². The minimum absolute atomic E-state index is 0.0615. The van der Waals surface area contributed by atoms with Gasteiger partial charge in [0.15, 0.2) is 23.0 Å². The van der Waals surface area contributed by atoms with E-state index in [9.17, 15) is 9.59 Å². The highest BCUT2D eigenvalue weighted by molar-refractivity contribution is 5.78. The Morgan fingerprint density at radius 2 is 1.03 bits per heavy atom. The van der Waals surface area contributed by atoms with E-state index in [1.54, 1.807) is 28.4 Å². The zero-order valence-electron chi connectivity index (χ0n) is 19.9. The van der Waals surface area contributed by atoms with E-state index in [2.05, 4.69) is 10.6 Å². The molecule has 0 saturated heterocycles. The number of hydrogen-bond donors (Lipinski definition) is 2. The van der Waals surface area contributed by atoms with Crippen LogP contribution in [0.5, 0.6) is 23.0 Å². The van der Waals surface area contributed by atoms with Gasteiger partial charge in [-0.15, -0.1) is 0 Å². The van der Waals surface area contributed by atoms with E-state index in [0.29, 0.717) is 68.2 Å². The molecular weight excluding hydrogens is 424 g/mol. The van der Waals surface area contributed by atoms with Gasteiger partial charge in [0.05, 0.1) is 28.4 Å². The molecule has 0 spiro atoms. The summed E-state index contributed by atoms with van der Waals surface area (Å²) < 4.78 is 21.0. The molecule has 8 nitrogen and oxygen atoms in total. The number of nitrogens with one attached hydrogen (secondary N) is 2. The molecule has 8 heteroatoms. The summed E-state index contributed by atoms with van der Waals surface area (Å²) in [5.74, 6) is 2.55. The zero-order valence-corrected chi connectivity index (χ0v) is 19.9. The van der Waals surface area contributed by atoms with Crippen LogP contribution in [0.4, 0.5) is 0 Å². The van der Waals surface area contributed by atoms with Gasteiger partial charge >= 0.3 is 0 Å². The number of ether oxygens (including phenoxy) is 4. The Morgan fingerprint density at radius 1 is 0.636 bits per heavy atom. The smallest absolute Gasteiger partial charge is 0.220 e.